The summed E-state index contributed by atoms with van der Waals surface area (Å²) in [6.45, 7) is 3.13. The normalized spacial score (nSPS) is 29.9. The molecule has 1 heterocycles. The minimum Gasteiger partial charge on any atom is -0.510 e. The summed E-state index contributed by atoms with van der Waals surface area (Å²) in [4.78, 5) is 54.2. The Balaban J connectivity index is 1.55. The van der Waals surface area contributed by atoms with E-state index in [2.05, 4.69) is 10.2 Å². The molecule has 4 aliphatic rings. The van der Waals surface area contributed by atoms with Crippen LogP contribution in [-0.2, 0) is 27.3 Å². The van der Waals surface area contributed by atoms with Gasteiger partial charge < -0.3 is 31.5 Å². The van der Waals surface area contributed by atoms with Gasteiger partial charge in [-0.2, -0.15) is 0 Å². The fourth-order valence-corrected chi connectivity index (χ4v) is 7.38. The number of rotatable bonds is 5. The molecule has 0 aromatic heterocycles. The lowest BCUT2D eigenvalue weighted by atomic mass is 9.58. The van der Waals surface area contributed by atoms with Crippen molar-refractivity contribution in [1.82, 2.24) is 15.1 Å². The van der Waals surface area contributed by atoms with Crippen LogP contribution in [0.25, 0.3) is 0 Å². The lowest BCUT2D eigenvalue weighted by Crippen LogP contribution is -2.63. The van der Waals surface area contributed by atoms with Crippen molar-refractivity contribution in [2.45, 2.75) is 50.4 Å². The minimum atomic E-state index is -2.69. The first kappa shape index (κ1) is 29.1. The van der Waals surface area contributed by atoms with Crippen LogP contribution in [0.3, 0.4) is 0 Å². The number of benzene rings is 1. The number of ketones is 2. The fourth-order valence-electron chi connectivity index (χ4n) is 7.09. The van der Waals surface area contributed by atoms with Gasteiger partial charge in [0.2, 0.25) is 11.7 Å². The molecule has 220 valence electrons. The predicted octanol–water partition coefficient (Wildman–Crippen LogP) is 0.484. The molecule has 0 saturated carbocycles. The maximum Gasteiger partial charge on any atom is 0.255 e. The number of primary amides is 1. The van der Waals surface area contributed by atoms with E-state index in [9.17, 15) is 39.6 Å². The third-order valence-electron chi connectivity index (χ3n) is 8.80. The van der Waals surface area contributed by atoms with Crippen molar-refractivity contribution in [2.24, 2.45) is 17.6 Å². The van der Waals surface area contributed by atoms with Gasteiger partial charge in [-0.05, 0) is 56.5 Å². The maximum atomic E-state index is 13.8. The first-order valence-electron chi connectivity index (χ1n) is 13.4. The van der Waals surface area contributed by atoms with Crippen molar-refractivity contribution in [3.63, 3.8) is 0 Å². The number of hydrogen-bond acceptors (Lipinski definition) is 10. The van der Waals surface area contributed by atoms with E-state index in [0.717, 1.165) is 6.42 Å². The number of nitrogens with zero attached hydrogens (tertiary/aromatic N) is 2. The number of carbonyl (C=O) groups excluding carboxylic acids is 4. The number of hydrogen-bond donors (Lipinski definition) is 6. The monoisotopic (exact) mass is 588 g/mol. The highest BCUT2D eigenvalue weighted by Crippen LogP contribution is 2.53. The van der Waals surface area contributed by atoms with Gasteiger partial charge >= 0.3 is 0 Å². The second-order valence-electron chi connectivity index (χ2n) is 11.6. The van der Waals surface area contributed by atoms with Crippen LogP contribution in [0.2, 0.25) is 5.02 Å². The van der Waals surface area contributed by atoms with Crippen molar-refractivity contribution in [2.75, 3.05) is 27.2 Å². The number of likely N-dealkylation sites (N-methyl/N-ethyl adjacent to an activating group) is 1. The van der Waals surface area contributed by atoms with E-state index in [4.69, 9.17) is 17.3 Å². The number of phenolic OH excluding ortho intramolecular Hbond substituents is 1. The molecular weight excluding hydrogens is 556 g/mol. The van der Waals surface area contributed by atoms with Crippen molar-refractivity contribution in [3.05, 3.63) is 50.4 Å². The van der Waals surface area contributed by atoms with Crippen LogP contribution in [-0.4, -0.2) is 98.5 Å². The Morgan fingerprint density at radius 1 is 1.24 bits per heavy atom. The Bertz CT molecular complexity index is 1450. The van der Waals surface area contributed by atoms with Crippen LogP contribution < -0.4 is 11.1 Å². The van der Waals surface area contributed by atoms with Gasteiger partial charge in [0.05, 0.1) is 11.6 Å². The molecule has 5 atom stereocenters. The summed E-state index contributed by atoms with van der Waals surface area (Å²) in [5.41, 5.74) is 2.43. The van der Waals surface area contributed by atoms with Gasteiger partial charge in [-0.1, -0.05) is 11.6 Å². The van der Waals surface area contributed by atoms with E-state index in [0.29, 0.717) is 30.8 Å². The van der Waals surface area contributed by atoms with E-state index >= 15 is 0 Å². The summed E-state index contributed by atoms with van der Waals surface area (Å²) in [5.74, 6) is -7.17. The number of fused-ring (bicyclic) bond motifs is 3. The Morgan fingerprint density at radius 3 is 2.54 bits per heavy atom. The summed E-state index contributed by atoms with van der Waals surface area (Å²) in [6, 6.07) is 0.324. The highest BCUT2D eigenvalue weighted by molar-refractivity contribution is 6.33. The van der Waals surface area contributed by atoms with E-state index in [-0.39, 0.29) is 46.7 Å². The topological polar surface area (TPSA) is 194 Å². The molecule has 7 N–H and O–H groups in total. The van der Waals surface area contributed by atoms with Crippen LogP contribution in [0.4, 0.5) is 0 Å². The number of amides is 2. The van der Waals surface area contributed by atoms with Crippen LogP contribution in [0.15, 0.2) is 28.7 Å². The average molecular weight is 589 g/mol. The Labute approximate surface area is 241 Å². The first-order chi connectivity index (χ1) is 19.2. The molecule has 41 heavy (non-hydrogen) atoms. The number of carbonyl (C=O) groups is 4. The number of aliphatic hydroxyl groups excluding tert-OH is 2. The number of nitrogens with two attached hydrogens (primary N) is 1. The highest BCUT2D eigenvalue weighted by Gasteiger charge is 2.63. The zero-order valence-corrected chi connectivity index (χ0v) is 23.7. The molecule has 3 aliphatic carbocycles. The molecule has 13 heteroatoms. The van der Waals surface area contributed by atoms with Crippen molar-refractivity contribution in [3.8, 4) is 5.75 Å². The van der Waals surface area contributed by atoms with Gasteiger partial charge in [0.1, 0.15) is 22.8 Å². The highest BCUT2D eigenvalue weighted by atomic mass is 35.5. The van der Waals surface area contributed by atoms with Gasteiger partial charge in [-0.3, -0.25) is 29.0 Å². The summed E-state index contributed by atoms with van der Waals surface area (Å²) in [7, 11) is 3.15. The van der Waals surface area contributed by atoms with Crippen LogP contribution in [0, 0.1) is 11.8 Å². The molecule has 0 radical (unpaired) electrons. The van der Waals surface area contributed by atoms with Crippen molar-refractivity contribution in [1.29, 1.82) is 0 Å². The standard InChI is InChI=1S/C28H33ClN4O8/c1-11(34)31-14-4-5-33(10-14)9-13-8-17(35)19-15(21(13)29)6-12-7-16-22(32(2)3)24(37)20(27(30)40)26(39)28(16,41)25(38)18(12)23(19)36/h8,12,14,16,22,35,37-38,41H,4-7,9-10H2,1-3H3,(H2,30,40)(H,31,34)/t12-,14-,16-,22-,28-/m0/s1. The maximum absolute atomic E-state index is 13.8. The van der Waals surface area contributed by atoms with Crippen molar-refractivity contribution >= 4 is 35.0 Å². The molecule has 1 aromatic carbocycles. The number of allylic oxidation sites excluding steroid dienone is 1. The van der Waals surface area contributed by atoms with Gasteiger partial charge in [0.15, 0.2) is 11.4 Å². The molecule has 1 aliphatic heterocycles. The molecule has 1 saturated heterocycles. The van der Waals surface area contributed by atoms with Gasteiger partial charge in [0.25, 0.3) is 5.91 Å². The second kappa shape index (κ2) is 10.1. The number of aromatic hydroxyl groups is 1. The molecule has 0 spiro atoms. The van der Waals surface area contributed by atoms with Gasteiger partial charge in [-0.25, -0.2) is 0 Å². The number of phenols is 1. The lowest BCUT2D eigenvalue weighted by Gasteiger charge is -2.50. The Kier molecular flexibility index (Phi) is 7.17. The number of likely N-dealkylation sites (tertiary alicyclic amines) is 1. The number of halogens is 1. The molecule has 5 rings (SSSR count). The van der Waals surface area contributed by atoms with Crippen LogP contribution >= 0.6 is 11.6 Å². The smallest absolute Gasteiger partial charge is 0.255 e. The summed E-state index contributed by atoms with van der Waals surface area (Å²) in [5, 5.41) is 48.1. The molecule has 1 aromatic rings. The SMILES string of the molecule is CC(=O)N[C@H]1CCN(Cc2cc(O)c3c(c2Cl)C[C@H]2C[C@H]4[C@H](N(C)C)C(O)=C(C(N)=O)C(=O)[C@@]4(O)C(O)=C2C3=O)C1. The summed E-state index contributed by atoms with van der Waals surface area (Å²) in [6.07, 6.45) is 0.859. The quantitative estimate of drug-likeness (QED) is 0.263. The largest absolute Gasteiger partial charge is 0.510 e. The van der Waals surface area contributed by atoms with Crippen LogP contribution in [0.1, 0.15) is 41.3 Å². The van der Waals surface area contributed by atoms with E-state index in [1.165, 1.54) is 17.9 Å². The predicted molar refractivity (Wildman–Crippen MR) is 146 cm³/mol. The van der Waals surface area contributed by atoms with Gasteiger partial charge in [-0.15, -0.1) is 0 Å². The first-order valence-corrected chi connectivity index (χ1v) is 13.7. The summed E-state index contributed by atoms with van der Waals surface area (Å²) < 4.78 is 0. The molecule has 12 nitrogen and oxygen atoms in total. The minimum absolute atomic E-state index is 0.000808. The van der Waals surface area contributed by atoms with E-state index in [1.807, 2.05) is 0 Å². The zero-order valence-electron chi connectivity index (χ0n) is 22.9. The van der Waals surface area contributed by atoms with Crippen molar-refractivity contribution < 1.29 is 39.6 Å². The second-order valence-corrected chi connectivity index (χ2v) is 12.0. The molecule has 0 unspecified atom stereocenters. The number of nitrogens with one attached hydrogen (secondary N) is 1. The molecule has 2 amide bonds. The molecular formula is C28H33ClN4O8. The Hall–Kier alpha value is -3.45. The lowest BCUT2D eigenvalue weighted by molar-refractivity contribution is -0.148. The Morgan fingerprint density at radius 2 is 1.93 bits per heavy atom. The van der Waals surface area contributed by atoms with E-state index in [1.54, 1.807) is 14.1 Å². The third-order valence-corrected chi connectivity index (χ3v) is 9.28. The van der Waals surface area contributed by atoms with Crippen LogP contribution in [0.5, 0.6) is 5.75 Å². The summed E-state index contributed by atoms with van der Waals surface area (Å²) >= 11 is 6.83. The number of aliphatic hydroxyl groups is 3. The average Bonchev–Trinajstić information content (AvgIpc) is 3.29. The molecule has 0 bridgehead atoms. The van der Waals surface area contributed by atoms with Gasteiger partial charge in [0, 0.05) is 49.1 Å². The molecule has 1 fully saturated rings. The number of Topliss-reactive ketones (excluding diaryl/α,β-unsaturated/α-hetero) is 2. The third kappa shape index (κ3) is 4.40. The zero-order chi connectivity index (χ0) is 30.1. The fraction of sp³-hybridized carbons (Fsp3) is 0.500. The van der Waals surface area contributed by atoms with E-state index < -0.39 is 58.0 Å².